The van der Waals surface area contributed by atoms with Crippen LogP contribution in [0.3, 0.4) is 0 Å². The highest BCUT2D eigenvalue weighted by Crippen LogP contribution is 2.32. The monoisotopic (exact) mass is 393 g/mol. The maximum Gasteiger partial charge on any atom is 0.353 e. The van der Waals surface area contributed by atoms with Gasteiger partial charge in [0.15, 0.2) is 0 Å². The molecule has 148 valence electrons. The van der Waals surface area contributed by atoms with Crippen molar-refractivity contribution < 1.29 is 14.5 Å². The third-order valence-electron chi connectivity index (χ3n) is 4.17. The average Bonchev–Trinajstić information content (AvgIpc) is 2.73. The first kappa shape index (κ1) is 19.7. The van der Waals surface area contributed by atoms with Gasteiger partial charge in [0.2, 0.25) is 11.6 Å². The highest BCUT2D eigenvalue weighted by Gasteiger charge is 2.24. The second-order valence-electron chi connectivity index (χ2n) is 6.18. The van der Waals surface area contributed by atoms with Crippen molar-refractivity contribution in [2.45, 2.75) is 13.5 Å². The van der Waals surface area contributed by atoms with Gasteiger partial charge in [-0.05, 0) is 24.6 Å². The molecule has 9 heteroatoms. The van der Waals surface area contributed by atoms with E-state index in [0.717, 1.165) is 11.1 Å². The molecule has 2 aromatic carbocycles. The van der Waals surface area contributed by atoms with E-state index in [1.54, 1.807) is 24.3 Å². The van der Waals surface area contributed by atoms with E-state index in [9.17, 15) is 14.9 Å². The van der Waals surface area contributed by atoms with E-state index in [4.69, 9.17) is 4.74 Å². The number of esters is 1. The number of para-hydroxylation sites is 1. The SMILES string of the molecule is COC(=O)c1ccccc1Nc1ncnc(NCc2ccc(C)cc2)c1[N+](=O)[O-]. The number of hydrogen-bond donors (Lipinski definition) is 2. The lowest BCUT2D eigenvalue weighted by Gasteiger charge is -2.12. The summed E-state index contributed by atoms with van der Waals surface area (Å²) < 4.78 is 4.75. The molecular formula is C20H19N5O4. The smallest absolute Gasteiger partial charge is 0.353 e. The van der Waals surface area contributed by atoms with Gasteiger partial charge in [0.25, 0.3) is 0 Å². The maximum atomic E-state index is 12.0. The Balaban J connectivity index is 1.90. The van der Waals surface area contributed by atoms with Gasteiger partial charge in [0, 0.05) is 6.54 Å². The van der Waals surface area contributed by atoms with Crippen LogP contribution in [0.15, 0.2) is 54.9 Å². The number of nitro groups is 1. The largest absolute Gasteiger partial charge is 0.465 e. The van der Waals surface area contributed by atoms with E-state index in [0.29, 0.717) is 12.2 Å². The summed E-state index contributed by atoms with van der Waals surface area (Å²) >= 11 is 0. The Hall–Kier alpha value is -4.01. The fraction of sp³-hybridized carbons (Fsp3) is 0.150. The van der Waals surface area contributed by atoms with Crippen LogP contribution < -0.4 is 10.6 Å². The second-order valence-corrected chi connectivity index (χ2v) is 6.18. The number of benzene rings is 2. The van der Waals surface area contributed by atoms with Crippen LogP contribution >= 0.6 is 0 Å². The number of anilines is 3. The molecular weight excluding hydrogens is 374 g/mol. The van der Waals surface area contributed by atoms with E-state index >= 15 is 0 Å². The zero-order valence-corrected chi connectivity index (χ0v) is 15.9. The molecule has 0 atom stereocenters. The molecule has 0 unspecified atom stereocenters. The number of aromatic nitrogens is 2. The Morgan fingerprint density at radius 3 is 2.48 bits per heavy atom. The van der Waals surface area contributed by atoms with Crippen LogP contribution in [0.2, 0.25) is 0 Å². The molecule has 0 spiro atoms. The molecule has 1 aromatic heterocycles. The highest BCUT2D eigenvalue weighted by atomic mass is 16.6. The lowest BCUT2D eigenvalue weighted by atomic mass is 10.1. The molecule has 29 heavy (non-hydrogen) atoms. The number of rotatable bonds is 7. The first-order chi connectivity index (χ1) is 14.0. The van der Waals surface area contributed by atoms with E-state index in [-0.39, 0.29) is 22.9 Å². The molecule has 2 N–H and O–H groups in total. The van der Waals surface area contributed by atoms with E-state index in [2.05, 4.69) is 20.6 Å². The summed E-state index contributed by atoms with van der Waals surface area (Å²) in [6, 6.07) is 14.3. The first-order valence-corrected chi connectivity index (χ1v) is 8.72. The number of ether oxygens (including phenoxy) is 1. The fourth-order valence-electron chi connectivity index (χ4n) is 2.67. The Morgan fingerprint density at radius 2 is 1.79 bits per heavy atom. The van der Waals surface area contributed by atoms with Crippen LogP contribution in [0.1, 0.15) is 21.5 Å². The molecule has 9 nitrogen and oxygen atoms in total. The summed E-state index contributed by atoms with van der Waals surface area (Å²) in [5, 5.41) is 17.5. The Bertz CT molecular complexity index is 1040. The third kappa shape index (κ3) is 4.64. The fourth-order valence-corrected chi connectivity index (χ4v) is 2.67. The molecule has 0 saturated carbocycles. The van der Waals surface area contributed by atoms with Gasteiger partial charge in [-0.1, -0.05) is 42.0 Å². The predicted octanol–water partition coefficient (Wildman–Crippen LogP) is 3.84. The number of carbonyl (C=O) groups excluding carboxylic acids is 1. The zero-order chi connectivity index (χ0) is 20.8. The van der Waals surface area contributed by atoms with Gasteiger partial charge in [-0.3, -0.25) is 10.1 Å². The predicted molar refractivity (Wildman–Crippen MR) is 108 cm³/mol. The second kappa shape index (κ2) is 8.79. The van der Waals surface area contributed by atoms with Crippen LogP contribution in [0.25, 0.3) is 0 Å². The van der Waals surface area contributed by atoms with Crippen molar-refractivity contribution in [3.8, 4) is 0 Å². The van der Waals surface area contributed by atoms with Crippen LogP contribution in [0.5, 0.6) is 0 Å². The molecule has 0 aliphatic carbocycles. The molecule has 0 aliphatic heterocycles. The lowest BCUT2D eigenvalue weighted by Crippen LogP contribution is -2.10. The number of nitrogens with one attached hydrogen (secondary N) is 2. The van der Waals surface area contributed by atoms with E-state index in [1.807, 2.05) is 31.2 Å². The number of methoxy groups -OCH3 is 1. The van der Waals surface area contributed by atoms with Crippen molar-refractivity contribution in [3.63, 3.8) is 0 Å². The zero-order valence-electron chi connectivity index (χ0n) is 15.9. The highest BCUT2D eigenvalue weighted by molar-refractivity contribution is 5.96. The van der Waals surface area contributed by atoms with Gasteiger partial charge in [0.05, 0.1) is 23.3 Å². The normalized spacial score (nSPS) is 10.3. The lowest BCUT2D eigenvalue weighted by molar-refractivity contribution is -0.383. The molecule has 0 fully saturated rings. The minimum Gasteiger partial charge on any atom is -0.465 e. The summed E-state index contributed by atoms with van der Waals surface area (Å²) in [4.78, 5) is 31.1. The van der Waals surface area contributed by atoms with Gasteiger partial charge in [-0.2, -0.15) is 0 Å². The number of nitrogens with zero attached hydrogens (tertiary/aromatic N) is 3. The van der Waals surface area contributed by atoms with E-state index in [1.165, 1.54) is 13.4 Å². The summed E-state index contributed by atoms with van der Waals surface area (Å²) in [6.07, 6.45) is 1.22. The van der Waals surface area contributed by atoms with Crippen molar-refractivity contribution in [2.75, 3.05) is 17.7 Å². The van der Waals surface area contributed by atoms with Crippen LogP contribution in [-0.2, 0) is 11.3 Å². The first-order valence-electron chi connectivity index (χ1n) is 8.72. The van der Waals surface area contributed by atoms with Crippen molar-refractivity contribution in [3.05, 3.63) is 81.7 Å². The van der Waals surface area contributed by atoms with E-state index < -0.39 is 10.9 Å². The van der Waals surface area contributed by atoms with Gasteiger partial charge in [-0.15, -0.1) is 0 Å². The topological polar surface area (TPSA) is 119 Å². The molecule has 0 amide bonds. The quantitative estimate of drug-likeness (QED) is 0.353. The maximum absolute atomic E-state index is 12.0. The molecule has 0 radical (unpaired) electrons. The number of carbonyl (C=O) groups is 1. The van der Waals surface area contributed by atoms with Crippen LogP contribution in [-0.4, -0.2) is 28.0 Å². The Kier molecular flexibility index (Phi) is 5.98. The number of aryl methyl sites for hydroxylation is 1. The van der Waals surface area contributed by atoms with Crippen molar-refractivity contribution in [1.82, 2.24) is 9.97 Å². The molecule has 1 heterocycles. The third-order valence-corrected chi connectivity index (χ3v) is 4.17. The number of hydrogen-bond acceptors (Lipinski definition) is 8. The van der Waals surface area contributed by atoms with Gasteiger partial charge in [0.1, 0.15) is 6.33 Å². The average molecular weight is 393 g/mol. The minimum absolute atomic E-state index is 0.0345. The van der Waals surface area contributed by atoms with Gasteiger partial charge >= 0.3 is 11.7 Å². The molecule has 0 bridgehead atoms. The van der Waals surface area contributed by atoms with Crippen LogP contribution in [0, 0.1) is 17.0 Å². The van der Waals surface area contributed by atoms with Crippen molar-refractivity contribution >= 4 is 29.0 Å². The molecule has 0 aliphatic rings. The molecule has 3 aromatic rings. The Morgan fingerprint density at radius 1 is 1.10 bits per heavy atom. The summed E-state index contributed by atoms with van der Waals surface area (Å²) in [6.45, 7) is 2.34. The Labute approximate surface area is 166 Å². The van der Waals surface area contributed by atoms with Gasteiger partial charge < -0.3 is 15.4 Å². The molecule has 3 rings (SSSR count). The summed E-state index contributed by atoms with van der Waals surface area (Å²) in [7, 11) is 1.26. The molecule has 0 saturated heterocycles. The summed E-state index contributed by atoms with van der Waals surface area (Å²) in [5.41, 5.74) is 2.33. The minimum atomic E-state index is -0.569. The van der Waals surface area contributed by atoms with Crippen LogP contribution in [0.4, 0.5) is 23.0 Å². The van der Waals surface area contributed by atoms with Crippen molar-refractivity contribution in [2.24, 2.45) is 0 Å². The standard InChI is InChI=1S/C20H19N5O4/c1-13-7-9-14(10-8-13)11-21-18-17(25(27)28)19(23-12-22-18)24-16-6-4-3-5-15(16)20(26)29-2/h3-10,12H,11H2,1-2H3,(H2,21,22,23,24). The summed E-state index contributed by atoms with van der Waals surface area (Å²) in [5.74, 6) is -0.529. The van der Waals surface area contributed by atoms with Gasteiger partial charge in [-0.25, -0.2) is 14.8 Å². The van der Waals surface area contributed by atoms with Crippen molar-refractivity contribution in [1.29, 1.82) is 0 Å².